The smallest absolute Gasteiger partial charge is 0.253 e. The molecular formula is C18H22N4O3S. The number of nitrogens with zero attached hydrogens (tertiary/aromatic N) is 4. The summed E-state index contributed by atoms with van der Waals surface area (Å²) in [7, 11) is -3.58. The maximum atomic E-state index is 13.3. The topological polar surface area (TPSA) is 82.4 Å². The summed E-state index contributed by atoms with van der Waals surface area (Å²) in [6.45, 7) is 4.89. The molecule has 3 heterocycles. The minimum atomic E-state index is -3.58. The fourth-order valence-electron chi connectivity index (χ4n) is 4.12. The minimum Gasteiger partial charge on any atom is -0.336 e. The van der Waals surface area contributed by atoms with Gasteiger partial charge in [-0.25, -0.2) is 8.42 Å². The van der Waals surface area contributed by atoms with Crippen molar-refractivity contribution < 1.29 is 13.2 Å². The number of fused-ring (bicyclic) bond motifs is 2. The van der Waals surface area contributed by atoms with Crippen molar-refractivity contribution in [3.63, 3.8) is 0 Å². The molecule has 138 valence electrons. The zero-order valence-electron chi connectivity index (χ0n) is 14.9. The number of rotatable bonds is 3. The first-order valence-electron chi connectivity index (χ1n) is 8.83. The first-order valence-corrected chi connectivity index (χ1v) is 10.3. The number of piperazine rings is 1. The Morgan fingerprint density at radius 2 is 1.85 bits per heavy atom. The molecule has 0 N–H and O–H groups in total. The second kappa shape index (κ2) is 6.28. The molecule has 2 unspecified atom stereocenters. The van der Waals surface area contributed by atoms with Crippen molar-refractivity contribution in [2.45, 2.75) is 43.7 Å². The molecule has 1 amide bonds. The molecule has 0 saturated carbocycles. The number of hydrogen-bond acceptors (Lipinski definition) is 5. The third-order valence-electron chi connectivity index (χ3n) is 5.41. The molecule has 26 heavy (non-hydrogen) atoms. The van der Waals surface area contributed by atoms with Crippen molar-refractivity contribution in [1.29, 1.82) is 0 Å². The van der Waals surface area contributed by atoms with Crippen LogP contribution in [0.2, 0.25) is 0 Å². The lowest BCUT2D eigenvalue weighted by Gasteiger charge is -2.40. The summed E-state index contributed by atoms with van der Waals surface area (Å²) in [6, 6.07) is 5.18. The Bertz CT molecular complexity index is 908. The molecule has 8 heteroatoms. The zero-order valence-corrected chi connectivity index (χ0v) is 15.7. The number of hydrogen-bond donors (Lipinski definition) is 0. The summed E-state index contributed by atoms with van der Waals surface area (Å²) in [5.41, 5.74) is 2.26. The van der Waals surface area contributed by atoms with Gasteiger partial charge in [-0.3, -0.25) is 4.79 Å². The van der Waals surface area contributed by atoms with Gasteiger partial charge in [0.25, 0.3) is 5.91 Å². The zero-order chi connectivity index (χ0) is 18.5. The van der Waals surface area contributed by atoms with E-state index < -0.39 is 10.0 Å². The van der Waals surface area contributed by atoms with E-state index in [0.717, 1.165) is 24.0 Å². The van der Waals surface area contributed by atoms with E-state index in [0.29, 0.717) is 30.1 Å². The Morgan fingerprint density at radius 3 is 2.46 bits per heavy atom. The molecule has 3 aliphatic rings. The van der Waals surface area contributed by atoms with E-state index >= 15 is 0 Å². The van der Waals surface area contributed by atoms with Gasteiger partial charge in [-0.1, -0.05) is 12.1 Å². The first kappa shape index (κ1) is 17.4. The number of amides is 1. The van der Waals surface area contributed by atoms with Crippen molar-refractivity contribution in [1.82, 2.24) is 9.21 Å². The number of carbonyl (C=O) groups excluding carboxylic acids is 1. The summed E-state index contributed by atoms with van der Waals surface area (Å²) >= 11 is 0. The average Bonchev–Trinajstić information content (AvgIpc) is 3.23. The van der Waals surface area contributed by atoms with Gasteiger partial charge in [0.15, 0.2) is 0 Å². The Kier molecular flexibility index (Phi) is 4.19. The fraction of sp³-hybridized carbons (Fsp3) is 0.500. The van der Waals surface area contributed by atoms with Gasteiger partial charge in [-0.05, 0) is 43.9 Å². The molecule has 7 nitrogen and oxygen atoms in total. The molecule has 4 rings (SSSR count). The summed E-state index contributed by atoms with van der Waals surface area (Å²) in [5.74, 6) is -0.0734. The Hall–Kier alpha value is -2.06. The van der Waals surface area contributed by atoms with Gasteiger partial charge in [0.2, 0.25) is 10.0 Å². The van der Waals surface area contributed by atoms with Crippen LogP contribution in [0.4, 0.5) is 0 Å². The Balaban J connectivity index is 1.60. The molecule has 1 aromatic rings. The SMILES string of the molecule is Cc1ccc(C)c(S(=O)(=O)N2C3CCC2CN(C(=O)C2=CN=NC2)C3)c1. The Labute approximate surface area is 153 Å². The molecule has 0 aliphatic carbocycles. The van der Waals surface area contributed by atoms with E-state index in [2.05, 4.69) is 10.2 Å². The van der Waals surface area contributed by atoms with Crippen LogP contribution in [0.25, 0.3) is 0 Å². The monoisotopic (exact) mass is 374 g/mol. The molecule has 1 aromatic carbocycles. The maximum Gasteiger partial charge on any atom is 0.253 e. The largest absolute Gasteiger partial charge is 0.336 e. The van der Waals surface area contributed by atoms with Crippen LogP contribution in [-0.2, 0) is 14.8 Å². The molecule has 0 spiro atoms. The van der Waals surface area contributed by atoms with Crippen LogP contribution in [-0.4, -0.2) is 55.2 Å². The first-order chi connectivity index (χ1) is 12.4. The number of azo groups is 1. The third kappa shape index (κ3) is 2.77. The van der Waals surface area contributed by atoms with E-state index in [9.17, 15) is 13.2 Å². The van der Waals surface area contributed by atoms with Crippen LogP contribution >= 0.6 is 0 Å². The lowest BCUT2D eigenvalue weighted by atomic mass is 10.2. The average molecular weight is 374 g/mol. The van der Waals surface area contributed by atoms with Gasteiger partial charge in [-0.2, -0.15) is 14.5 Å². The summed E-state index contributed by atoms with van der Waals surface area (Å²) in [5, 5.41) is 7.58. The number of aryl methyl sites for hydroxylation is 2. The highest BCUT2D eigenvalue weighted by atomic mass is 32.2. The van der Waals surface area contributed by atoms with Crippen LogP contribution in [0.15, 0.2) is 45.1 Å². The molecule has 2 saturated heterocycles. The summed E-state index contributed by atoms with van der Waals surface area (Å²) < 4.78 is 28.3. The predicted octanol–water partition coefficient (Wildman–Crippen LogP) is 2.02. The van der Waals surface area contributed by atoms with Gasteiger partial charge in [0, 0.05) is 25.2 Å². The van der Waals surface area contributed by atoms with E-state index in [1.54, 1.807) is 15.3 Å². The fourth-order valence-corrected chi connectivity index (χ4v) is 6.28. The molecule has 0 aromatic heterocycles. The van der Waals surface area contributed by atoms with Crippen LogP contribution in [0.5, 0.6) is 0 Å². The highest BCUT2D eigenvalue weighted by molar-refractivity contribution is 7.89. The normalized spacial score (nSPS) is 25.6. The van der Waals surface area contributed by atoms with Crippen molar-refractivity contribution in [3.8, 4) is 0 Å². The van der Waals surface area contributed by atoms with Crippen LogP contribution in [0.1, 0.15) is 24.0 Å². The van der Waals surface area contributed by atoms with E-state index in [4.69, 9.17) is 0 Å². The van der Waals surface area contributed by atoms with Gasteiger partial charge in [0.1, 0.15) is 0 Å². The Morgan fingerprint density at radius 1 is 1.15 bits per heavy atom. The molecule has 2 fully saturated rings. The highest BCUT2D eigenvalue weighted by Crippen LogP contribution is 2.36. The molecule has 2 bridgehead atoms. The minimum absolute atomic E-state index is 0.0734. The third-order valence-corrected chi connectivity index (χ3v) is 7.56. The van der Waals surface area contributed by atoms with Gasteiger partial charge in [-0.15, -0.1) is 0 Å². The summed E-state index contributed by atoms with van der Waals surface area (Å²) in [4.78, 5) is 14.8. The van der Waals surface area contributed by atoms with Gasteiger partial charge >= 0.3 is 0 Å². The number of benzene rings is 1. The molecule has 0 radical (unpaired) electrons. The highest BCUT2D eigenvalue weighted by Gasteiger charge is 2.48. The predicted molar refractivity (Wildman–Crippen MR) is 96.1 cm³/mol. The molecule has 2 atom stereocenters. The van der Waals surface area contributed by atoms with Crippen LogP contribution in [0.3, 0.4) is 0 Å². The van der Waals surface area contributed by atoms with Crippen LogP contribution < -0.4 is 0 Å². The molecule has 3 aliphatic heterocycles. The van der Waals surface area contributed by atoms with Gasteiger partial charge in [0.05, 0.1) is 23.2 Å². The van der Waals surface area contributed by atoms with Crippen molar-refractivity contribution in [2.75, 3.05) is 19.6 Å². The second-order valence-electron chi connectivity index (χ2n) is 7.27. The van der Waals surface area contributed by atoms with Crippen molar-refractivity contribution >= 4 is 15.9 Å². The van der Waals surface area contributed by atoms with Crippen molar-refractivity contribution in [3.05, 3.63) is 41.1 Å². The van der Waals surface area contributed by atoms with E-state index in [1.165, 1.54) is 6.20 Å². The maximum absolute atomic E-state index is 13.3. The lowest BCUT2D eigenvalue weighted by Crippen LogP contribution is -2.57. The second-order valence-corrected chi connectivity index (χ2v) is 9.08. The number of likely N-dealkylation sites (tertiary alicyclic amines) is 1. The van der Waals surface area contributed by atoms with E-state index in [-0.39, 0.29) is 18.0 Å². The van der Waals surface area contributed by atoms with Gasteiger partial charge < -0.3 is 4.90 Å². The number of carbonyl (C=O) groups is 1. The molecular weight excluding hydrogens is 352 g/mol. The van der Waals surface area contributed by atoms with Crippen molar-refractivity contribution in [2.24, 2.45) is 10.2 Å². The standard InChI is InChI=1S/C18H22N4O3S/c1-12-3-4-13(2)17(7-12)26(24,25)22-15-5-6-16(22)11-21(10-15)18(23)14-8-19-20-9-14/h3-4,7-8,15-16H,5-6,9-11H2,1-2H3. The summed E-state index contributed by atoms with van der Waals surface area (Å²) in [6.07, 6.45) is 3.07. The van der Waals surface area contributed by atoms with Crippen LogP contribution in [0, 0.1) is 13.8 Å². The lowest BCUT2D eigenvalue weighted by molar-refractivity contribution is -0.129. The number of sulfonamides is 1. The quantitative estimate of drug-likeness (QED) is 0.811. The van der Waals surface area contributed by atoms with E-state index in [1.807, 2.05) is 26.0 Å².